The molecule has 7 heteroatoms. The van der Waals surface area contributed by atoms with Gasteiger partial charge in [-0.3, -0.25) is 0 Å². The molecule has 2 aromatic rings. The minimum Gasteiger partial charge on any atom is -0.461 e. The van der Waals surface area contributed by atoms with E-state index in [1.165, 1.54) is 0 Å². The molecule has 2 aromatic carbocycles. The van der Waals surface area contributed by atoms with Gasteiger partial charge >= 0.3 is 5.97 Å². The largest absolute Gasteiger partial charge is 0.461 e. The smallest absolute Gasteiger partial charge is 0.338 e. The van der Waals surface area contributed by atoms with Gasteiger partial charge in [0.15, 0.2) is 11.1 Å². The number of carbonyl (C=O) groups is 1. The lowest BCUT2D eigenvalue weighted by atomic mass is 10.0. The van der Waals surface area contributed by atoms with Gasteiger partial charge in [-0.2, -0.15) is 11.8 Å². The van der Waals surface area contributed by atoms with Crippen LogP contribution in [0.25, 0.3) is 0 Å². The third-order valence-electron chi connectivity index (χ3n) is 3.84. The van der Waals surface area contributed by atoms with Crippen LogP contribution < -0.4 is 0 Å². The summed E-state index contributed by atoms with van der Waals surface area (Å²) < 4.78 is 25.2. The molecular formula is C19H21ClO4S2. The molecule has 0 aliphatic carbocycles. The standard InChI is InChI=1S/C19H21ClO4S2/c1-25-13-12-24-19(21)16-5-2-14(3-6-16)4-11-18(20)15-7-9-17(10-8-15)26(22)23/h2-3,5-10,18H,4,11-13H2,1H3,(H,22,23). The van der Waals surface area contributed by atoms with Gasteiger partial charge in [-0.15, -0.1) is 11.6 Å². The van der Waals surface area contributed by atoms with Gasteiger partial charge in [0.25, 0.3) is 0 Å². The molecule has 0 radical (unpaired) electrons. The number of alkyl halides is 1. The van der Waals surface area contributed by atoms with Crippen molar-refractivity contribution in [1.29, 1.82) is 0 Å². The SMILES string of the molecule is CSCCOC(=O)c1ccc(CCC(Cl)c2ccc(S(=O)O)cc2)cc1. The maximum absolute atomic E-state index is 11.9. The van der Waals surface area contributed by atoms with Crippen LogP contribution in [0, 0.1) is 0 Å². The first-order chi connectivity index (χ1) is 12.5. The maximum Gasteiger partial charge on any atom is 0.338 e. The lowest BCUT2D eigenvalue weighted by Crippen LogP contribution is -2.07. The van der Waals surface area contributed by atoms with Crippen LogP contribution >= 0.6 is 23.4 Å². The van der Waals surface area contributed by atoms with Crippen LogP contribution in [0.1, 0.15) is 33.3 Å². The molecule has 0 saturated heterocycles. The van der Waals surface area contributed by atoms with E-state index in [4.69, 9.17) is 20.9 Å². The predicted octanol–water partition coefficient (Wildman–Crippen LogP) is 4.70. The molecular weight excluding hydrogens is 392 g/mol. The Bertz CT molecular complexity index is 732. The van der Waals surface area contributed by atoms with E-state index in [0.717, 1.165) is 29.7 Å². The monoisotopic (exact) mass is 412 g/mol. The van der Waals surface area contributed by atoms with Gasteiger partial charge in [0.05, 0.1) is 15.8 Å². The molecule has 2 unspecified atom stereocenters. The van der Waals surface area contributed by atoms with Crippen LogP contribution in [0.4, 0.5) is 0 Å². The van der Waals surface area contributed by atoms with E-state index in [9.17, 15) is 9.00 Å². The van der Waals surface area contributed by atoms with Crippen molar-refractivity contribution < 1.29 is 18.3 Å². The molecule has 0 saturated carbocycles. The van der Waals surface area contributed by atoms with Crippen molar-refractivity contribution >= 4 is 40.4 Å². The first kappa shape index (κ1) is 21.0. The van der Waals surface area contributed by atoms with E-state index < -0.39 is 11.1 Å². The number of ether oxygens (including phenoxy) is 1. The molecule has 26 heavy (non-hydrogen) atoms. The van der Waals surface area contributed by atoms with E-state index in [0.29, 0.717) is 17.1 Å². The molecule has 140 valence electrons. The van der Waals surface area contributed by atoms with Gasteiger partial charge in [0.2, 0.25) is 0 Å². The number of thioether (sulfide) groups is 1. The second-order valence-electron chi connectivity index (χ2n) is 5.65. The molecule has 0 amide bonds. The minimum atomic E-state index is -1.98. The summed E-state index contributed by atoms with van der Waals surface area (Å²) in [5.74, 6) is 0.484. The highest BCUT2D eigenvalue weighted by molar-refractivity contribution is 7.98. The average Bonchev–Trinajstić information content (AvgIpc) is 2.66. The van der Waals surface area contributed by atoms with Crippen molar-refractivity contribution in [1.82, 2.24) is 0 Å². The van der Waals surface area contributed by atoms with E-state index in [-0.39, 0.29) is 11.3 Å². The van der Waals surface area contributed by atoms with Gasteiger partial charge in [0.1, 0.15) is 6.61 Å². The first-order valence-corrected chi connectivity index (χ1v) is 11.0. The third kappa shape index (κ3) is 6.43. The topological polar surface area (TPSA) is 63.6 Å². The minimum absolute atomic E-state index is 0.188. The van der Waals surface area contributed by atoms with E-state index in [1.54, 1.807) is 48.2 Å². The normalized spacial score (nSPS) is 13.2. The highest BCUT2D eigenvalue weighted by Gasteiger charge is 2.11. The Balaban J connectivity index is 1.86. The molecule has 2 rings (SSSR count). The molecule has 0 aromatic heterocycles. The molecule has 0 heterocycles. The second-order valence-corrected chi connectivity index (χ2v) is 8.13. The number of carbonyl (C=O) groups excluding carboxylic acids is 1. The molecule has 0 spiro atoms. The van der Waals surface area contributed by atoms with Crippen molar-refractivity contribution in [2.45, 2.75) is 23.1 Å². The summed E-state index contributed by atoms with van der Waals surface area (Å²) in [6.45, 7) is 0.415. The lowest BCUT2D eigenvalue weighted by Gasteiger charge is -2.11. The van der Waals surface area contributed by atoms with Crippen LogP contribution in [-0.4, -0.2) is 33.3 Å². The zero-order chi connectivity index (χ0) is 18.9. The lowest BCUT2D eigenvalue weighted by molar-refractivity contribution is 0.0530. The number of esters is 1. The fraction of sp³-hybridized carbons (Fsp3) is 0.316. The van der Waals surface area contributed by atoms with Crippen LogP contribution in [-0.2, 0) is 22.2 Å². The third-order valence-corrected chi connectivity index (χ3v) is 5.56. The number of hydrogen-bond donors (Lipinski definition) is 1. The molecule has 0 bridgehead atoms. The Morgan fingerprint density at radius 3 is 2.42 bits per heavy atom. The molecule has 2 atom stereocenters. The summed E-state index contributed by atoms with van der Waals surface area (Å²) >= 11 is 6.08. The number of rotatable bonds is 9. The van der Waals surface area contributed by atoms with Crippen LogP contribution in [0.15, 0.2) is 53.4 Å². The van der Waals surface area contributed by atoms with E-state index in [1.807, 2.05) is 18.4 Å². The van der Waals surface area contributed by atoms with Gasteiger partial charge < -0.3 is 9.29 Å². The summed E-state index contributed by atoms with van der Waals surface area (Å²) in [7, 11) is 0. The molecule has 0 fully saturated rings. The fourth-order valence-electron chi connectivity index (χ4n) is 2.36. The second kappa shape index (κ2) is 10.7. The van der Waals surface area contributed by atoms with Crippen molar-refractivity contribution in [3.8, 4) is 0 Å². The quantitative estimate of drug-likeness (QED) is 0.280. The molecule has 0 aliphatic heterocycles. The zero-order valence-electron chi connectivity index (χ0n) is 14.4. The first-order valence-electron chi connectivity index (χ1n) is 8.11. The number of aryl methyl sites for hydroxylation is 1. The highest BCUT2D eigenvalue weighted by Crippen LogP contribution is 2.26. The van der Waals surface area contributed by atoms with E-state index in [2.05, 4.69) is 0 Å². The summed E-state index contributed by atoms with van der Waals surface area (Å²) in [4.78, 5) is 12.2. The average molecular weight is 413 g/mol. The number of hydrogen-bond acceptors (Lipinski definition) is 4. The Kier molecular flexibility index (Phi) is 8.65. The van der Waals surface area contributed by atoms with Crippen LogP contribution in [0.5, 0.6) is 0 Å². The Labute approximate surface area is 165 Å². The predicted molar refractivity (Wildman–Crippen MR) is 108 cm³/mol. The van der Waals surface area contributed by atoms with Gasteiger partial charge in [-0.05, 0) is 54.5 Å². The molecule has 0 aliphatic rings. The van der Waals surface area contributed by atoms with Crippen molar-refractivity contribution in [2.75, 3.05) is 18.6 Å². The summed E-state index contributed by atoms with van der Waals surface area (Å²) in [5, 5.41) is -0.188. The van der Waals surface area contributed by atoms with E-state index >= 15 is 0 Å². The Morgan fingerprint density at radius 1 is 1.19 bits per heavy atom. The highest BCUT2D eigenvalue weighted by atomic mass is 35.5. The Morgan fingerprint density at radius 2 is 1.85 bits per heavy atom. The molecule has 1 N–H and O–H groups in total. The summed E-state index contributed by atoms with van der Waals surface area (Å²) in [5.41, 5.74) is 2.55. The van der Waals surface area contributed by atoms with Crippen LogP contribution in [0.3, 0.4) is 0 Å². The van der Waals surface area contributed by atoms with Crippen molar-refractivity contribution in [3.05, 3.63) is 65.2 Å². The molecule has 4 nitrogen and oxygen atoms in total. The summed E-state index contributed by atoms with van der Waals surface area (Å²) in [6, 6.07) is 14.1. The summed E-state index contributed by atoms with van der Waals surface area (Å²) in [6.07, 6.45) is 3.46. The van der Waals surface area contributed by atoms with Gasteiger partial charge in [-0.25, -0.2) is 9.00 Å². The van der Waals surface area contributed by atoms with Crippen molar-refractivity contribution in [3.63, 3.8) is 0 Å². The van der Waals surface area contributed by atoms with Gasteiger partial charge in [-0.1, -0.05) is 24.3 Å². The Hall–Kier alpha value is -1.34. The number of benzene rings is 2. The van der Waals surface area contributed by atoms with Crippen LogP contribution in [0.2, 0.25) is 0 Å². The zero-order valence-corrected chi connectivity index (χ0v) is 16.8. The van der Waals surface area contributed by atoms with Crippen molar-refractivity contribution in [2.24, 2.45) is 0 Å². The maximum atomic E-state index is 11.9. The fourth-order valence-corrected chi connectivity index (χ4v) is 3.24. The number of halogens is 1. The van der Waals surface area contributed by atoms with Gasteiger partial charge in [0, 0.05) is 5.75 Å².